The number of nitrogens with zero attached hydrogens (tertiary/aromatic N) is 4. The van der Waals surface area contributed by atoms with Gasteiger partial charge in [0.15, 0.2) is 0 Å². The van der Waals surface area contributed by atoms with Gasteiger partial charge in [0.25, 0.3) is 0 Å². The second kappa shape index (κ2) is 6.52. The van der Waals surface area contributed by atoms with Gasteiger partial charge in [-0.05, 0) is 31.2 Å². The number of hydrogen-bond donors (Lipinski definition) is 1. The summed E-state index contributed by atoms with van der Waals surface area (Å²) < 4.78 is 67.8. The summed E-state index contributed by atoms with van der Waals surface area (Å²) in [6.45, 7) is 1.83. The SMILES string of the molecule is CC(O)c1cn(C2CN(S(=O)(=O)c3ccc(OC(F)(F)F)cc3)C2)nn1. The van der Waals surface area contributed by atoms with E-state index < -0.39 is 28.2 Å². The number of aliphatic hydroxyl groups is 1. The standard InChI is InChI=1S/C14H15F3N4O4S/c1-9(22)13-8-21(19-18-13)10-6-20(7-10)26(23,24)12-4-2-11(3-5-12)25-14(15,16)17/h2-5,8-10,22H,6-7H2,1H3. The Hall–Kier alpha value is -2.18. The zero-order valence-corrected chi connectivity index (χ0v) is 14.3. The molecule has 2 heterocycles. The van der Waals surface area contributed by atoms with Gasteiger partial charge in [0, 0.05) is 13.1 Å². The van der Waals surface area contributed by atoms with Crippen molar-refractivity contribution in [1.29, 1.82) is 0 Å². The van der Waals surface area contributed by atoms with E-state index in [4.69, 9.17) is 0 Å². The van der Waals surface area contributed by atoms with Crippen molar-refractivity contribution in [2.75, 3.05) is 13.1 Å². The normalized spacial score (nSPS) is 17.7. The van der Waals surface area contributed by atoms with Gasteiger partial charge in [-0.2, -0.15) is 4.31 Å². The third kappa shape index (κ3) is 3.81. The largest absolute Gasteiger partial charge is 0.573 e. The molecule has 1 fully saturated rings. The van der Waals surface area contributed by atoms with Gasteiger partial charge >= 0.3 is 6.36 Å². The van der Waals surface area contributed by atoms with Crippen LogP contribution in [0.3, 0.4) is 0 Å². The molecule has 0 spiro atoms. The quantitative estimate of drug-likeness (QED) is 0.828. The molecule has 26 heavy (non-hydrogen) atoms. The fraction of sp³-hybridized carbons (Fsp3) is 0.429. The van der Waals surface area contributed by atoms with Crippen LogP contribution in [-0.2, 0) is 10.0 Å². The predicted molar refractivity (Wildman–Crippen MR) is 81.6 cm³/mol. The fourth-order valence-electron chi connectivity index (χ4n) is 2.40. The first-order valence-electron chi connectivity index (χ1n) is 7.52. The summed E-state index contributed by atoms with van der Waals surface area (Å²) in [7, 11) is -3.83. The van der Waals surface area contributed by atoms with Crippen LogP contribution < -0.4 is 4.74 Å². The number of halogens is 3. The Bertz CT molecular complexity index is 874. The maximum absolute atomic E-state index is 12.5. The molecule has 3 rings (SSSR count). The number of aliphatic hydroxyl groups excluding tert-OH is 1. The summed E-state index contributed by atoms with van der Waals surface area (Å²) in [5, 5.41) is 17.1. The summed E-state index contributed by atoms with van der Waals surface area (Å²) in [6, 6.07) is 3.79. The van der Waals surface area contributed by atoms with Crippen molar-refractivity contribution in [3.05, 3.63) is 36.2 Å². The van der Waals surface area contributed by atoms with Crippen LogP contribution in [0.15, 0.2) is 35.4 Å². The van der Waals surface area contributed by atoms with Crippen molar-refractivity contribution >= 4 is 10.0 Å². The van der Waals surface area contributed by atoms with Crippen LogP contribution >= 0.6 is 0 Å². The van der Waals surface area contributed by atoms with E-state index in [1.807, 2.05) is 0 Å². The highest BCUT2D eigenvalue weighted by Crippen LogP contribution is 2.30. The van der Waals surface area contributed by atoms with Crippen LogP contribution in [0, 0.1) is 0 Å². The number of sulfonamides is 1. The van der Waals surface area contributed by atoms with E-state index in [0.717, 1.165) is 24.3 Å². The number of ether oxygens (including phenoxy) is 1. The molecule has 0 radical (unpaired) electrons. The molecule has 1 unspecified atom stereocenters. The van der Waals surface area contributed by atoms with Crippen molar-refractivity contribution in [3.8, 4) is 5.75 Å². The lowest BCUT2D eigenvalue weighted by Gasteiger charge is -2.37. The van der Waals surface area contributed by atoms with Gasteiger partial charge in [-0.1, -0.05) is 5.21 Å². The minimum Gasteiger partial charge on any atom is -0.406 e. The molecule has 1 aromatic heterocycles. The predicted octanol–water partition coefficient (Wildman–Crippen LogP) is 1.48. The highest BCUT2D eigenvalue weighted by molar-refractivity contribution is 7.89. The number of hydrogen-bond acceptors (Lipinski definition) is 6. The Labute approximate surface area is 146 Å². The molecule has 8 nitrogen and oxygen atoms in total. The molecule has 1 aliphatic heterocycles. The van der Waals surface area contributed by atoms with Gasteiger partial charge in [-0.25, -0.2) is 13.1 Å². The summed E-state index contributed by atoms with van der Waals surface area (Å²) in [5.74, 6) is -0.494. The molecular weight excluding hydrogens is 377 g/mol. The molecule has 0 amide bonds. The third-order valence-corrected chi connectivity index (χ3v) is 5.70. The topological polar surface area (TPSA) is 97.5 Å². The van der Waals surface area contributed by atoms with Crippen LogP contribution in [0.1, 0.15) is 24.8 Å². The van der Waals surface area contributed by atoms with E-state index in [0.29, 0.717) is 5.69 Å². The first-order chi connectivity index (χ1) is 12.1. The first kappa shape index (κ1) is 18.6. The molecule has 1 atom stereocenters. The van der Waals surface area contributed by atoms with Crippen LogP contribution in [0.2, 0.25) is 0 Å². The van der Waals surface area contributed by atoms with Crippen molar-refractivity contribution in [2.24, 2.45) is 0 Å². The first-order valence-corrected chi connectivity index (χ1v) is 8.96. The summed E-state index contributed by atoms with van der Waals surface area (Å²) in [4.78, 5) is -0.131. The Balaban J connectivity index is 1.66. The van der Waals surface area contributed by atoms with E-state index in [-0.39, 0.29) is 24.0 Å². The highest BCUT2D eigenvalue weighted by Gasteiger charge is 2.38. The van der Waals surface area contributed by atoms with Gasteiger partial charge < -0.3 is 9.84 Å². The van der Waals surface area contributed by atoms with Crippen molar-refractivity contribution in [2.45, 2.75) is 30.3 Å². The van der Waals surface area contributed by atoms with Gasteiger partial charge in [0.1, 0.15) is 11.4 Å². The van der Waals surface area contributed by atoms with Crippen LogP contribution in [0.5, 0.6) is 5.75 Å². The molecule has 0 aliphatic carbocycles. The Kier molecular flexibility index (Phi) is 4.67. The smallest absolute Gasteiger partial charge is 0.406 e. The molecule has 12 heteroatoms. The maximum atomic E-state index is 12.5. The van der Waals surface area contributed by atoms with E-state index in [9.17, 15) is 26.7 Å². The van der Waals surface area contributed by atoms with E-state index in [1.54, 1.807) is 6.20 Å². The van der Waals surface area contributed by atoms with Gasteiger partial charge in [-0.3, -0.25) is 0 Å². The van der Waals surface area contributed by atoms with Gasteiger partial charge in [-0.15, -0.1) is 18.3 Å². The number of rotatable bonds is 5. The molecular formula is C14H15F3N4O4S. The van der Waals surface area contributed by atoms with Gasteiger partial charge in [0.05, 0.1) is 23.2 Å². The van der Waals surface area contributed by atoms with Crippen molar-refractivity contribution in [1.82, 2.24) is 19.3 Å². The third-order valence-electron chi connectivity index (χ3n) is 3.85. The summed E-state index contributed by atoms with van der Waals surface area (Å²) >= 11 is 0. The average molecular weight is 392 g/mol. The Morgan fingerprint density at radius 1 is 1.27 bits per heavy atom. The lowest BCUT2D eigenvalue weighted by Crippen LogP contribution is -2.50. The second-order valence-corrected chi connectivity index (χ2v) is 7.73. The molecule has 142 valence electrons. The van der Waals surface area contributed by atoms with Gasteiger partial charge in [0.2, 0.25) is 10.0 Å². The number of alkyl halides is 3. The number of benzene rings is 1. The molecule has 2 aromatic rings. The van der Waals surface area contributed by atoms with Crippen LogP contribution in [0.4, 0.5) is 13.2 Å². The average Bonchev–Trinajstić information content (AvgIpc) is 2.94. The van der Waals surface area contributed by atoms with E-state index in [2.05, 4.69) is 15.0 Å². The molecule has 1 saturated heterocycles. The molecule has 0 bridgehead atoms. The van der Waals surface area contributed by atoms with Crippen LogP contribution in [-0.4, -0.2) is 52.3 Å². The minimum atomic E-state index is -4.84. The Morgan fingerprint density at radius 2 is 1.88 bits per heavy atom. The highest BCUT2D eigenvalue weighted by atomic mass is 32.2. The molecule has 1 aromatic carbocycles. The lowest BCUT2D eigenvalue weighted by atomic mass is 10.2. The minimum absolute atomic E-state index is 0.131. The number of aromatic nitrogens is 3. The zero-order chi connectivity index (χ0) is 19.1. The van der Waals surface area contributed by atoms with Crippen molar-refractivity contribution < 1.29 is 31.4 Å². The lowest BCUT2D eigenvalue weighted by molar-refractivity contribution is -0.274. The summed E-state index contributed by atoms with van der Waals surface area (Å²) in [5.41, 5.74) is 0.381. The second-order valence-electron chi connectivity index (χ2n) is 5.79. The molecule has 1 N–H and O–H groups in total. The van der Waals surface area contributed by atoms with E-state index in [1.165, 1.54) is 15.9 Å². The molecule has 1 aliphatic rings. The van der Waals surface area contributed by atoms with E-state index >= 15 is 0 Å². The summed E-state index contributed by atoms with van der Waals surface area (Å²) in [6.07, 6.45) is -4.07. The Morgan fingerprint density at radius 3 is 2.38 bits per heavy atom. The van der Waals surface area contributed by atoms with Crippen molar-refractivity contribution in [3.63, 3.8) is 0 Å². The molecule has 0 saturated carbocycles. The maximum Gasteiger partial charge on any atom is 0.573 e. The fourth-order valence-corrected chi connectivity index (χ4v) is 3.92. The monoisotopic (exact) mass is 392 g/mol. The zero-order valence-electron chi connectivity index (χ0n) is 13.5. The van der Waals surface area contributed by atoms with Crippen LogP contribution in [0.25, 0.3) is 0 Å².